The molecule has 2 aromatic rings. The molecule has 2 aromatic heterocycles. The van der Waals surface area contributed by atoms with Crippen LogP contribution in [-0.4, -0.2) is 67.8 Å². The minimum Gasteiger partial charge on any atom is -0.337 e. The first-order chi connectivity index (χ1) is 12.0. The van der Waals surface area contributed by atoms with E-state index in [-0.39, 0.29) is 12.1 Å². The predicted octanol–water partition coefficient (Wildman–Crippen LogP) is 0.910. The average Bonchev–Trinajstić information content (AvgIpc) is 3.16. The fraction of sp³-hybridized carbons (Fsp3) is 0.588. The number of H-pyrrole nitrogens is 1. The molecule has 3 rings (SSSR count). The second-order valence-corrected chi connectivity index (χ2v) is 6.81. The molecule has 2 N–H and O–H groups in total. The van der Waals surface area contributed by atoms with E-state index in [4.69, 9.17) is 0 Å². The van der Waals surface area contributed by atoms with Crippen LogP contribution in [0.25, 0.3) is 0 Å². The fourth-order valence-corrected chi connectivity index (χ4v) is 3.10. The minimum atomic E-state index is 0.0106. The van der Waals surface area contributed by atoms with Crippen molar-refractivity contribution in [1.29, 1.82) is 0 Å². The molecule has 1 unspecified atom stereocenters. The van der Waals surface area contributed by atoms with Gasteiger partial charge in [-0.2, -0.15) is 5.10 Å². The number of piperazine rings is 1. The summed E-state index contributed by atoms with van der Waals surface area (Å²) in [6.45, 7) is 8.03. The molecule has 1 saturated heterocycles. The molecule has 1 atom stereocenters. The van der Waals surface area contributed by atoms with Gasteiger partial charge >= 0.3 is 6.03 Å². The van der Waals surface area contributed by atoms with Crippen LogP contribution in [0.2, 0.25) is 0 Å². The normalized spacial score (nSPS) is 16.8. The van der Waals surface area contributed by atoms with E-state index < -0.39 is 0 Å². The van der Waals surface area contributed by atoms with E-state index in [1.807, 2.05) is 48.8 Å². The van der Waals surface area contributed by atoms with Crippen LogP contribution in [0.15, 0.2) is 18.5 Å². The molecule has 8 heteroatoms. The van der Waals surface area contributed by atoms with Crippen molar-refractivity contribution >= 4 is 6.03 Å². The smallest absolute Gasteiger partial charge is 0.317 e. The van der Waals surface area contributed by atoms with Gasteiger partial charge in [0.05, 0.1) is 12.2 Å². The van der Waals surface area contributed by atoms with Crippen LogP contribution in [0.1, 0.15) is 24.1 Å². The summed E-state index contributed by atoms with van der Waals surface area (Å²) in [4.78, 5) is 21.0. The molecule has 3 heterocycles. The summed E-state index contributed by atoms with van der Waals surface area (Å²) in [6, 6.07) is 2.08. The molecule has 0 bridgehead atoms. The molecule has 25 heavy (non-hydrogen) atoms. The van der Waals surface area contributed by atoms with Crippen LogP contribution in [-0.2, 0) is 20.0 Å². The highest BCUT2D eigenvalue weighted by Gasteiger charge is 2.23. The lowest BCUT2D eigenvalue weighted by molar-refractivity contribution is 0.131. The molecule has 0 spiro atoms. The van der Waals surface area contributed by atoms with Crippen molar-refractivity contribution in [2.45, 2.75) is 32.9 Å². The number of hydrogen-bond acceptors (Lipinski definition) is 4. The van der Waals surface area contributed by atoms with Crippen molar-refractivity contribution in [2.24, 2.45) is 7.05 Å². The summed E-state index contributed by atoms with van der Waals surface area (Å²) in [6.07, 6.45) is 4.51. The van der Waals surface area contributed by atoms with Gasteiger partial charge in [0.2, 0.25) is 0 Å². The number of carbonyl (C=O) groups is 1. The molecule has 0 saturated carbocycles. The van der Waals surface area contributed by atoms with E-state index in [1.54, 1.807) is 0 Å². The number of imidazole rings is 1. The number of carbonyl (C=O) groups excluding carboxylic acids is 1. The molecule has 0 aromatic carbocycles. The monoisotopic (exact) mass is 345 g/mol. The van der Waals surface area contributed by atoms with E-state index >= 15 is 0 Å². The van der Waals surface area contributed by atoms with Gasteiger partial charge in [-0.25, -0.2) is 9.78 Å². The Balaban J connectivity index is 1.42. The van der Waals surface area contributed by atoms with Gasteiger partial charge in [0.1, 0.15) is 5.82 Å². The zero-order valence-electron chi connectivity index (χ0n) is 15.2. The van der Waals surface area contributed by atoms with Gasteiger partial charge in [-0.3, -0.25) is 10.00 Å². The van der Waals surface area contributed by atoms with Crippen LogP contribution in [0.4, 0.5) is 4.79 Å². The van der Waals surface area contributed by atoms with E-state index in [0.29, 0.717) is 0 Å². The lowest BCUT2D eigenvalue weighted by Gasteiger charge is -2.35. The number of aromatic amines is 1. The van der Waals surface area contributed by atoms with Gasteiger partial charge in [0, 0.05) is 63.8 Å². The van der Waals surface area contributed by atoms with Crippen molar-refractivity contribution in [3.8, 4) is 0 Å². The number of aryl methyl sites for hydroxylation is 2. The highest BCUT2D eigenvalue weighted by molar-refractivity contribution is 5.74. The van der Waals surface area contributed by atoms with Crippen molar-refractivity contribution in [3.63, 3.8) is 0 Å². The molecular weight excluding hydrogens is 318 g/mol. The Hall–Kier alpha value is -2.35. The fourth-order valence-electron chi connectivity index (χ4n) is 3.10. The molecule has 2 amide bonds. The second-order valence-electron chi connectivity index (χ2n) is 6.81. The summed E-state index contributed by atoms with van der Waals surface area (Å²) < 4.78 is 2.04. The number of nitrogens with zero attached hydrogens (tertiary/aromatic N) is 5. The number of urea groups is 1. The third-order valence-electron chi connectivity index (χ3n) is 4.59. The van der Waals surface area contributed by atoms with Gasteiger partial charge in [0.15, 0.2) is 0 Å². The van der Waals surface area contributed by atoms with Crippen molar-refractivity contribution in [2.75, 3.05) is 26.2 Å². The predicted molar refractivity (Wildman–Crippen MR) is 95.1 cm³/mol. The Bertz CT molecular complexity index is 699. The van der Waals surface area contributed by atoms with Gasteiger partial charge in [-0.15, -0.1) is 0 Å². The summed E-state index contributed by atoms with van der Waals surface area (Å²) in [5.74, 6) is 1.06. The maximum Gasteiger partial charge on any atom is 0.317 e. The largest absolute Gasteiger partial charge is 0.337 e. The standard InChI is InChI=1S/C17H27N7O/c1-13(10-15-11-14(2)20-21-15)19-17(25)24-8-6-23(7-9-24)12-16-18-4-5-22(16)3/h4-5,11,13H,6-10,12H2,1-3H3,(H,19,25)(H,20,21). The zero-order chi connectivity index (χ0) is 17.8. The third kappa shape index (κ3) is 4.60. The number of amides is 2. The molecule has 0 radical (unpaired) electrons. The Morgan fingerprint density at radius 2 is 2.12 bits per heavy atom. The molecule has 1 fully saturated rings. The number of hydrogen-bond donors (Lipinski definition) is 2. The number of rotatable bonds is 5. The zero-order valence-corrected chi connectivity index (χ0v) is 15.2. The van der Waals surface area contributed by atoms with Gasteiger partial charge in [0.25, 0.3) is 0 Å². The van der Waals surface area contributed by atoms with E-state index in [0.717, 1.165) is 56.4 Å². The Labute approximate surface area is 148 Å². The van der Waals surface area contributed by atoms with E-state index in [2.05, 4.69) is 25.4 Å². The number of aromatic nitrogens is 4. The lowest BCUT2D eigenvalue weighted by Crippen LogP contribution is -2.53. The third-order valence-corrected chi connectivity index (χ3v) is 4.59. The van der Waals surface area contributed by atoms with Crippen LogP contribution in [0.3, 0.4) is 0 Å². The van der Waals surface area contributed by atoms with Gasteiger partial charge in [-0.05, 0) is 19.9 Å². The van der Waals surface area contributed by atoms with E-state index in [9.17, 15) is 4.79 Å². The molecule has 136 valence electrons. The van der Waals surface area contributed by atoms with Gasteiger partial charge in [-0.1, -0.05) is 0 Å². The van der Waals surface area contributed by atoms with Crippen LogP contribution >= 0.6 is 0 Å². The molecule has 1 aliphatic heterocycles. The minimum absolute atomic E-state index is 0.0106. The Morgan fingerprint density at radius 3 is 2.72 bits per heavy atom. The maximum atomic E-state index is 12.4. The van der Waals surface area contributed by atoms with Crippen molar-refractivity contribution in [3.05, 3.63) is 35.7 Å². The van der Waals surface area contributed by atoms with Gasteiger partial charge < -0.3 is 14.8 Å². The lowest BCUT2D eigenvalue weighted by atomic mass is 10.2. The summed E-state index contributed by atoms with van der Waals surface area (Å²) in [5.41, 5.74) is 2.02. The Morgan fingerprint density at radius 1 is 1.36 bits per heavy atom. The van der Waals surface area contributed by atoms with Crippen molar-refractivity contribution in [1.82, 2.24) is 34.9 Å². The number of nitrogens with one attached hydrogen (secondary N) is 2. The first-order valence-electron chi connectivity index (χ1n) is 8.76. The molecule has 0 aliphatic carbocycles. The van der Waals surface area contributed by atoms with Crippen LogP contribution in [0, 0.1) is 6.92 Å². The van der Waals surface area contributed by atoms with Crippen LogP contribution < -0.4 is 5.32 Å². The Kier molecular flexibility index (Phi) is 5.37. The maximum absolute atomic E-state index is 12.4. The SMILES string of the molecule is Cc1cc(CC(C)NC(=O)N2CCN(Cc3nccn3C)CC2)n[nH]1. The summed E-state index contributed by atoms with van der Waals surface area (Å²) in [7, 11) is 2.01. The van der Waals surface area contributed by atoms with Crippen LogP contribution in [0.5, 0.6) is 0 Å². The van der Waals surface area contributed by atoms with Crippen molar-refractivity contribution < 1.29 is 4.79 Å². The summed E-state index contributed by atoms with van der Waals surface area (Å²) in [5, 5.41) is 10.2. The first-order valence-corrected chi connectivity index (χ1v) is 8.76. The summed E-state index contributed by atoms with van der Waals surface area (Å²) >= 11 is 0. The first kappa shape index (κ1) is 17.5. The molecule has 1 aliphatic rings. The molecular formula is C17H27N7O. The average molecular weight is 345 g/mol. The second kappa shape index (κ2) is 7.69. The highest BCUT2D eigenvalue weighted by Crippen LogP contribution is 2.08. The van der Waals surface area contributed by atoms with E-state index in [1.165, 1.54) is 0 Å². The quantitative estimate of drug-likeness (QED) is 0.844. The highest BCUT2D eigenvalue weighted by atomic mass is 16.2. The molecule has 8 nitrogen and oxygen atoms in total. The topological polar surface area (TPSA) is 82.1 Å².